The van der Waals surface area contributed by atoms with Gasteiger partial charge in [-0.25, -0.2) is 0 Å². The number of ether oxygens (including phenoxy) is 2. The number of nitrogens with two attached hydrogens (primary N) is 1. The van der Waals surface area contributed by atoms with E-state index in [1.807, 2.05) is 0 Å². The van der Waals surface area contributed by atoms with Crippen LogP contribution < -0.4 is 20.5 Å². The second kappa shape index (κ2) is 5.54. The molecule has 1 amide bonds. The maximum atomic E-state index is 12.2. The average molecular weight is 305 g/mol. The van der Waals surface area contributed by atoms with Gasteiger partial charge in [-0.2, -0.15) is 0 Å². The largest absolute Gasteiger partial charge is 0.486 e. The van der Waals surface area contributed by atoms with E-state index < -0.39 is 0 Å². The van der Waals surface area contributed by atoms with Crippen molar-refractivity contribution < 1.29 is 14.3 Å². The van der Waals surface area contributed by atoms with E-state index in [2.05, 4.69) is 5.32 Å². The number of carbonyl (C=O) groups is 1. The van der Waals surface area contributed by atoms with E-state index >= 15 is 0 Å². The topological polar surface area (TPSA) is 73.6 Å². The van der Waals surface area contributed by atoms with Gasteiger partial charge in [-0.15, -0.1) is 0 Å². The fraction of sp³-hybridized carbons (Fsp3) is 0.133. The second-order valence-corrected chi connectivity index (χ2v) is 4.90. The minimum Gasteiger partial charge on any atom is -0.486 e. The molecule has 0 spiro atoms. The predicted molar refractivity (Wildman–Crippen MR) is 81.2 cm³/mol. The molecule has 3 rings (SSSR count). The van der Waals surface area contributed by atoms with Crippen LogP contribution in [0.1, 0.15) is 10.4 Å². The van der Waals surface area contributed by atoms with E-state index in [9.17, 15) is 4.79 Å². The molecule has 5 nitrogen and oxygen atoms in total. The number of hydrogen-bond donors (Lipinski definition) is 2. The zero-order chi connectivity index (χ0) is 14.8. The molecule has 0 fully saturated rings. The molecule has 3 N–H and O–H groups in total. The Morgan fingerprint density at radius 3 is 2.71 bits per heavy atom. The Morgan fingerprint density at radius 2 is 1.90 bits per heavy atom. The smallest absolute Gasteiger partial charge is 0.257 e. The molecule has 0 saturated heterocycles. The molecule has 1 aliphatic heterocycles. The van der Waals surface area contributed by atoms with Crippen LogP contribution in [0.25, 0.3) is 0 Å². The maximum Gasteiger partial charge on any atom is 0.257 e. The van der Waals surface area contributed by atoms with Crippen LogP contribution in [-0.4, -0.2) is 19.1 Å². The van der Waals surface area contributed by atoms with Gasteiger partial charge in [0.2, 0.25) is 0 Å². The minimum atomic E-state index is -0.330. The lowest BCUT2D eigenvalue weighted by molar-refractivity contribution is 0.102. The van der Waals surface area contributed by atoms with Crippen molar-refractivity contribution in [2.75, 3.05) is 24.3 Å². The first-order chi connectivity index (χ1) is 10.1. The second-order valence-electron chi connectivity index (χ2n) is 4.52. The lowest BCUT2D eigenvalue weighted by Crippen LogP contribution is -2.16. The molecule has 2 aromatic carbocycles. The minimum absolute atomic E-state index is 0.243. The molecule has 0 radical (unpaired) electrons. The van der Waals surface area contributed by atoms with Gasteiger partial charge in [-0.1, -0.05) is 17.7 Å². The number of rotatable bonds is 2. The van der Waals surface area contributed by atoms with Gasteiger partial charge in [-0.3, -0.25) is 4.79 Å². The average Bonchev–Trinajstić information content (AvgIpc) is 2.50. The summed E-state index contributed by atoms with van der Waals surface area (Å²) >= 11 is 6.04. The Morgan fingerprint density at radius 1 is 1.14 bits per heavy atom. The molecule has 21 heavy (non-hydrogen) atoms. The van der Waals surface area contributed by atoms with Crippen LogP contribution >= 0.6 is 11.6 Å². The van der Waals surface area contributed by atoms with Crippen LogP contribution in [-0.2, 0) is 0 Å². The number of nitrogens with one attached hydrogen (secondary N) is 1. The van der Waals surface area contributed by atoms with Crippen LogP contribution in [0.4, 0.5) is 11.4 Å². The molecule has 0 aromatic heterocycles. The molecule has 1 heterocycles. The van der Waals surface area contributed by atoms with Crippen LogP contribution in [0.2, 0.25) is 5.02 Å². The van der Waals surface area contributed by atoms with E-state index in [4.69, 9.17) is 26.8 Å². The summed E-state index contributed by atoms with van der Waals surface area (Å²) in [5, 5.41) is 3.00. The van der Waals surface area contributed by atoms with Crippen molar-refractivity contribution in [3.63, 3.8) is 0 Å². The number of fused-ring (bicyclic) bond motifs is 1. The third-order valence-corrected chi connectivity index (χ3v) is 3.50. The molecular weight excluding hydrogens is 292 g/mol. The van der Waals surface area contributed by atoms with Gasteiger partial charge in [0.15, 0.2) is 11.5 Å². The summed E-state index contributed by atoms with van der Waals surface area (Å²) in [6.07, 6.45) is 0. The summed E-state index contributed by atoms with van der Waals surface area (Å²) in [7, 11) is 0. The SMILES string of the molecule is Nc1cccc(C(=O)Nc2ccc3c(c2)OCCO3)c1Cl. The van der Waals surface area contributed by atoms with E-state index in [-0.39, 0.29) is 10.9 Å². The van der Waals surface area contributed by atoms with E-state index in [0.29, 0.717) is 41.7 Å². The standard InChI is InChI=1S/C15H13ClN2O3/c16-14-10(2-1-3-11(14)17)15(19)18-9-4-5-12-13(8-9)21-7-6-20-12/h1-5,8H,6-7,17H2,(H,18,19). The van der Waals surface area contributed by atoms with Gasteiger partial charge in [0, 0.05) is 11.8 Å². The third-order valence-electron chi connectivity index (χ3n) is 3.07. The molecule has 6 heteroatoms. The molecule has 0 unspecified atom stereocenters. The highest BCUT2D eigenvalue weighted by molar-refractivity contribution is 6.36. The molecular formula is C15H13ClN2O3. The number of amides is 1. The Labute approximate surface area is 126 Å². The summed E-state index contributed by atoms with van der Waals surface area (Å²) in [6, 6.07) is 10.2. The number of anilines is 2. The lowest BCUT2D eigenvalue weighted by atomic mass is 10.1. The van der Waals surface area contributed by atoms with Gasteiger partial charge < -0.3 is 20.5 Å². The van der Waals surface area contributed by atoms with E-state index in [1.54, 1.807) is 36.4 Å². The molecule has 0 saturated carbocycles. The van der Waals surface area contributed by atoms with Crippen molar-refractivity contribution in [3.05, 3.63) is 47.0 Å². The first kappa shape index (κ1) is 13.6. The Kier molecular flexibility index (Phi) is 3.58. The van der Waals surface area contributed by atoms with Gasteiger partial charge in [0.25, 0.3) is 5.91 Å². The summed E-state index contributed by atoms with van der Waals surface area (Å²) in [5.74, 6) is 0.947. The van der Waals surface area contributed by atoms with Crippen LogP contribution in [0, 0.1) is 0 Å². The highest BCUT2D eigenvalue weighted by Crippen LogP contribution is 2.33. The molecule has 0 aliphatic carbocycles. The summed E-state index contributed by atoms with van der Waals surface area (Å²) in [4.78, 5) is 12.2. The first-order valence-corrected chi connectivity index (χ1v) is 6.78. The van der Waals surface area contributed by atoms with E-state index in [1.165, 1.54) is 0 Å². The Bertz CT molecular complexity index is 703. The lowest BCUT2D eigenvalue weighted by Gasteiger charge is -2.19. The van der Waals surface area contributed by atoms with Crippen LogP contribution in [0.15, 0.2) is 36.4 Å². The van der Waals surface area contributed by atoms with Crippen molar-refractivity contribution >= 4 is 28.9 Å². The number of halogens is 1. The zero-order valence-electron chi connectivity index (χ0n) is 11.1. The third kappa shape index (κ3) is 2.73. The fourth-order valence-electron chi connectivity index (χ4n) is 2.04. The molecule has 0 bridgehead atoms. The van der Waals surface area contributed by atoms with Gasteiger partial charge in [0.05, 0.1) is 16.3 Å². The number of hydrogen-bond acceptors (Lipinski definition) is 4. The summed E-state index contributed by atoms with van der Waals surface area (Å²) in [6.45, 7) is 1.02. The summed E-state index contributed by atoms with van der Waals surface area (Å²) < 4.78 is 10.9. The Balaban J connectivity index is 1.83. The van der Waals surface area contributed by atoms with Crippen molar-refractivity contribution in [1.82, 2.24) is 0 Å². The maximum absolute atomic E-state index is 12.2. The molecule has 0 atom stereocenters. The summed E-state index contributed by atoms with van der Waals surface area (Å²) in [5.41, 5.74) is 6.99. The Hall–Kier alpha value is -2.40. The highest BCUT2D eigenvalue weighted by atomic mass is 35.5. The van der Waals surface area contributed by atoms with Crippen molar-refractivity contribution in [2.45, 2.75) is 0 Å². The predicted octanol–water partition coefficient (Wildman–Crippen LogP) is 2.95. The normalized spacial score (nSPS) is 12.8. The number of benzene rings is 2. The van der Waals surface area contributed by atoms with Gasteiger partial charge in [-0.05, 0) is 24.3 Å². The van der Waals surface area contributed by atoms with Crippen LogP contribution in [0.5, 0.6) is 11.5 Å². The molecule has 108 valence electrons. The number of nitrogen functional groups attached to an aromatic ring is 1. The van der Waals surface area contributed by atoms with Gasteiger partial charge >= 0.3 is 0 Å². The zero-order valence-corrected chi connectivity index (χ0v) is 11.8. The fourth-order valence-corrected chi connectivity index (χ4v) is 2.26. The quantitative estimate of drug-likeness (QED) is 0.837. The monoisotopic (exact) mass is 304 g/mol. The highest BCUT2D eigenvalue weighted by Gasteiger charge is 2.15. The van der Waals surface area contributed by atoms with E-state index in [0.717, 1.165) is 0 Å². The number of carbonyl (C=O) groups excluding carboxylic acids is 1. The van der Waals surface area contributed by atoms with Crippen molar-refractivity contribution in [3.8, 4) is 11.5 Å². The van der Waals surface area contributed by atoms with Gasteiger partial charge in [0.1, 0.15) is 13.2 Å². The van der Waals surface area contributed by atoms with Crippen LogP contribution in [0.3, 0.4) is 0 Å². The first-order valence-electron chi connectivity index (χ1n) is 6.40. The van der Waals surface area contributed by atoms with Crippen molar-refractivity contribution in [2.24, 2.45) is 0 Å². The molecule has 2 aromatic rings. The molecule has 1 aliphatic rings. The van der Waals surface area contributed by atoms with Crippen molar-refractivity contribution in [1.29, 1.82) is 0 Å².